The predicted octanol–water partition coefficient (Wildman–Crippen LogP) is 4.29. The number of benzene rings is 1. The summed E-state index contributed by atoms with van der Waals surface area (Å²) < 4.78 is 5.75. The number of furan rings is 1. The number of carbonyl (C=O) groups excluding carboxylic acids is 2. The molecule has 1 N–H and O–H groups in total. The van der Waals surface area contributed by atoms with Crippen molar-refractivity contribution in [3.63, 3.8) is 0 Å². The van der Waals surface area contributed by atoms with Gasteiger partial charge in [-0.15, -0.1) is 11.3 Å². The number of hydrogen-bond acceptors (Lipinski definition) is 6. The molecule has 1 fully saturated rings. The quantitative estimate of drug-likeness (QED) is 0.407. The first kappa shape index (κ1) is 18.2. The Labute approximate surface area is 165 Å². The topological polar surface area (TPSA) is 83.6 Å². The highest BCUT2D eigenvalue weighted by Crippen LogP contribution is 2.43. The van der Waals surface area contributed by atoms with Gasteiger partial charge in [0.1, 0.15) is 23.3 Å². The average molecular weight is 394 g/mol. The molecule has 1 saturated heterocycles. The second-order valence-electron chi connectivity index (χ2n) is 6.75. The molecule has 0 saturated carbocycles. The van der Waals surface area contributed by atoms with E-state index in [-0.39, 0.29) is 11.3 Å². The van der Waals surface area contributed by atoms with E-state index >= 15 is 0 Å². The van der Waals surface area contributed by atoms with E-state index in [2.05, 4.69) is 4.98 Å². The number of aryl methyl sites for hydroxylation is 3. The lowest BCUT2D eigenvalue weighted by atomic mass is 9.96. The number of anilines is 1. The Balaban J connectivity index is 1.97. The predicted molar refractivity (Wildman–Crippen MR) is 106 cm³/mol. The van der Waals surface area contributed by atoms with Crippen LogP contribution in [0.3, 0.4) is 0 Å². The summed E-state index contributed by atoms with van der Waals surface area (Å²) in [5.41, 5.74) is 2.26. The first-order chi connectivity index (χ1) is 13.4. The molecular weight excluding hydrogens is 376 g/mol. The zero-order valence-corrected chi connectivity index (χ0v) is 16.4. The van der Waals surface area contributed by atoms with E-state index in [1.165, 1.54) is 16.2 Å². The van der Waals surface area contributed by atoms with Gasteiger partial charge < -0.3 is 9.52 Å². The maximum Gasteiger partial charge on any atom is 0.302 e. The van der Waals surface area contributed by atoms with Crippen molar-refractivity contribution in [3.8, 4) is 0 Å². The Morgan fingerprint density at radius 3 is 2.61 bits per heavy atom. The first-order valence-corrected chi connectivity index (χ1v) is 9.61. The minimum Gasteiger partial charge on any atom is -0.507 e. The van der Waals surface area contributed by atoms with Gasteiger partial charge >= 0.3 is 5.91 Å². The molecule has 6 nitrogen and oxygen atoms in total. The number of amides is 1. The van der Waals surface area contributed by atoms with Crippen molar-refractivity contribution >= 4 is 33.9 Å². The summed E-state index contributed by atoms with van der Waals surface area (Å²) in [4.78, 5) is 31.3. The highest BCUT2D eigenvalue weighted by Gasteiger charge is 2.49. The van der Waals surface area contributed by atoms with Gasteiger partial charge in [-0.05, 0) is 44.5 Å². The molecule has 3 aromatic rings. The van der Waals surface area contributed by atoms with E-state index < -0.39 is 17.7 Å². The van der Waals surface area contributed by atoms with Gasteiger partial charge in [0, 0.05) is 17.1 Å². The third-order valence-electron chi connectivity index (χ3n) is 4.75. The van der Waals surface area contributed by atoms with Gasteiger partial charge in [0.15, 0.2) is 5.13 Å². The number of carbonyl (C=O) groups is 2. The van der Waals surface area contributed by atoms with Crippen LogP contribution in [0.15, 0.2) is 51.9 Å². The number of Topliss-reactive ketones (excluding diaryl/α,β-unsaturated/α-hetero) is 1. The Kier molecular flexibility index (Phi) is 4.39. The Bertz CT molecular complexity index is 1110. The van der Waals surface area contributed by atoms with E-state index in [1.54, 1.807) is 36.7 Å². The number of hydrogen-bond donors (Lipinski definition) is 1. The average Bonchev–Trinajstić information content (AvgIpc) is 3.38. The Morgan fingerprint density at radius 2 is 1.96 bits per heavy atom. The van der Waals surface area contributed by atoms with Crippen molar-refractivity contribution in [2.24, 2.45) is 0 Å². The summed E-state index contributed by atoms with van der Waals surface area (Å²) in [5.74, 6) is -0.656. The molecule has 1 aromatic carbocycles. The van der Waals surface area contributed by atoms with E-state index in [9.17, 15) is 14.7 Å². The molecule has 0 spiro atoms. The van der Waals surface area contributed by atoms with Crippen LogP contribution >= 0.6 is 11.3 Å². The van der Waals surface area contributed by atoms with Crippen molar-refractivity contribution in [2.45, 2.75) is 26.8 Å². The third-order valence-corrected chi connectivity index (χ3v) is 5.52. The fraction of sp³-hybridized carbons (Fsp3) is 0.190. The van der Waals surface area contributed by atoms with Gasteiger partial charge in [-0.2, -0.15) is 0 Å². The molecule has 142 valence electrons. The molecule has 28 heavy (non-hydrogen) atoms. The molecule has 2 aromatic heterocycles. The van der Waals surface area contributed by atoms with Crippen LogP contribution in [0.25, 0.3) is 5.76 Å². The minimum atomic E-state index is -0.875. The summed E-state index contributed by atoms with van der Waals surface area (Å²) in [7, 11) is 0. The summed E-state index contributed by atoms with van der Waals surface area (Å²) in [5, 5.41) is 13.2. The summed E-state index contributed by atoms with van der Waals surface area (Å²) in [6, 6.07) is 8.19. The lowest BCUT2D eigenvalue weighted by molar-refractivity contribution is -0.132. The summed E-state index contributed by atoms with van der Waals surface area (Å²) >= 11 is 1.24. The van der Waals surface area contributed by atoms with Crippen molar-refractivity contribution in [1.29, 1.82) is 0 Å². The number of aliphatic hydroxyl groups is 1. The van der Waals surface area contributed by atoms with Gasteiger partial charge in [-0.25, -0.2) is 4.98 Å². The lowest BCUT2D eigenvalue weighted by Gasteiger charge is -2.20. The molecular formula is C21H18N2O4S. The van der Waals surface area contributed by atoms with Crippen LogP contribution in [0.1, 0.15) is 34.3 Å². The fourth-order valence-electron chi connectivity index (χ4n) is 3.37. The van der Waals surface area contributed by atoms with Crippen LogP contribution in [0.2, 0.25) is 0 Å². The molecule has 1 aliphatic heterocycles. The molecule has 1 unspecified atom stereocenters. The largest absolute Gasteiger partial charge is 0.507 e. The standard InChI is InChI=1S/C21H18N2O4S/c1-11-4-5-12(2)14(10-11)18(24)16-17(15-7-6-13(3)27-15)23(20(26)19(16)25)21-22-8-9-28-21/h4-10,17,24H,1-3H3. The van der Waals surface area contributed by atoms with Crippen LogP contribution in [-0.2, 0) is 9.59 Å². The number of aliphatic hydroxyl groups excluding tert-OH is 1. The van der Waals surface area contributed by atoms with Gasteiger partial charge in [-0.1, -0.05) is 17.7 Å². The van der Waals surface area contributed by atoms with E-state index in [0.717, 1.165) is 11.1 Å². The summed E-state index contributed by atoms with van der Waals surface area (Å²) in [6.45, 7) is 5.53. The lowest BCUT2D eigenvalue weighted by Crippen LogP contribution is -2.29. The van der Waals surface area contributed by atoms with Crippen LogP contribution in [0.5, 0.6) is 0 Å². The van der Waals surface area contributed by atoms with Crippen LogP contribution in [-0.4, -0.2) is 21.8 Å². The monoisotopic (exact) mass is 394 g/mol. The number of thiazole rings is 1. The summed E-state index contributed by atoms with van der Waals surface area (Å²) in [6.07, 6.45) is 1.56. The van der Waals surface area contributed by atoms with Crippen LogP contribution < -0.4 is 4.90 Å². The number of rotatable bonds is 3. The fourth-order valence-corrected chi connectivity index (χ4v) is 4.04. The number of ketones is 1. The van der Waals surface area contributed by atoms with Crippen LogP contribution in [0.4, 0.5) is 5.13 Å². The van der Waals surface area contributed by atoms with Crippen molar-refractivity contribution in [1.82, 2.24) is 4.98 Å². The minimum absolute atomic E-state index is 0.00301. The van der Waals surface area contributed by atoms with Gasteiger partial charge in [-0.3, -0.25) is 14.5 Å². The third kappa shape index (κ3) is 2.84. The molecule has 1 amide bonds. The van der Waals surface area contributed by atoms with Gasteiger partial charge in [0.05, 0.1) is 5.57 Å². The maximum atomic E-state index is 12.9. The van der Waals surface area contributed by atoms with Crippen molar-refractivity contribution in [2.75, 3.05) is 4.90 Å². The van der Waals surface area contributed by atoms with E-state index in [4.69, 9.17) is 4.42 Å². The highest BCUT2D eigenvalue weighted by atomic mass is 32.1. The molecule has 4 rings (SSSR count). The maximum absolute atomic E-state index is 12.9. The number of aromatic nitrogens is 1. The highest BCUT2D eigenvalue weighted by molar-refractivity contribution is 7.14. The van der Waals surface area contributed by atoms with Crippen LogP contribution in [0, 0.1) is 20.8 Å². The first-order valence-electron chi connectivity index (χ1n) is 8.73. The Morgan fingerprint density at radius 1 is 1.18 bits per heavy atom. The van der Waals surface area contributed by atoms with Gasteiger partial charge in [0.25, 0.3) is 5.78 Å². The SMILES string of the molecule is Cc1ccc(C)c(C(O)=C2C(=O)C(=O)N(c3nccs3)C2c2ccc(C)o2)c1. The second kappa shape index (κ2) is 6.76. The van der Waals surface area contributed by atoms with Crippen molar-refractivity contribution in [3.05, 3.63) is 75.7 Å². The smallest absolute Gasteiger partial charge is 0.302 e. The molecule has 3 heterocycles. The van der Waals surface area contributed by atoms with E-state index in [0.29, 0.717) is 22.2 Å². The molecule has 0 radical (unpaired) electrons. The second-order valence-corrected chi connectivity index (χ2v) is 7.62. The zero-order valence-electron chi connectivity index (χ0n) is 15.6. The van der Waals surface area contributed by atoms with E-state index in [1.807, 2.05) is 26.0 Å². The van der Waals surface area contributed by atoms with Gasteiger partial charge in [0.2, 0.25) is 0 Å². The normalized spacial score (nSPS) is 18.8. The Hall–Kier alpha value is -3.19. The van der Waals surface area contributed by atoms with Crippen molar-refractivity contribution < 1.29 is 19.1 Å². The molecule has 1 aliphatic rings. The zero-order chi connectivity index (χ0) is 20.0. The number of nitrogens with zero attached hydrogens (tertiary/aromatic N) is 2. The molecule has 0 bridgehead atoms. The molecule has 7 heteroatoms. The molecule has 1 atom stereocenters. The molecule has 0 aliphatic carbocycles.